The number of benzene rings is 1. The minimum atomic E-state index is -3.88. The van der Waals surface area contributed by atoms with Gasteiger partial charge in [-0.05, 0) is 34.1 Å². The molecule has 0 radical (unpaired) electrons. The first-order chi connectivity index (χ1) is 9.86. The number of hydrogen-bond acceptors (Lipinski definition) is 5. The maximum absolute atomic E-state index is 12.0. The topological polar surface area (TPSA) is 81.7 Å². The SMILES string of the molecule is COCCOCCNC(=O)c1cc(S(=O)(=O)Cl)ccc1Br. The molecule has 0 heterocycles. The highest BCUT2D eigenvalue weighted by Gasteiger charge is 2.16. The molecule has 0 aromatic heterocycles. The van der Waals surface area contributed by atoms with Crippen molar-refractivity contribution >= 4 is 41.6 Å². The van der Waals surface area contributed by atoms with E-state index in [0.29, 0.717) is 30.8 Å². The molecule has 1 aromatic carbocycles. The summed E-state index contributed by atoms with van der Waals surface area (Å²) in [6.07, 6.45) is 0. The van der Waals surface area contributed by atoms with Crippen molar-refractivity contribution in [1.82, 2.24) is 5.32 Å². The lowest BCUT2D eigenvalue weighted by Crippen LogP contribution is -2.28. The Labute approximate surface area is 136 Å². The molecule has 0 aliphatic heterocycles. The number of carbonyl (C=O) groups excluding carboxylic acids is 1. The summed E-state index contributed by atoms with van der Waals surface area (Å²) in [7, 11) is 2.95. The number of carbonyl (C=O) groups is 1. The molecule has 0 saturated heterocycles. The van der Waals surface area contributed by atoms with Gasteiger partial charge in [0.15, 0.2) is 0 Å². The van der Waals surface area contributed by atoms with Crippen LogP contribution in [0.15, 0.2) is 27.6 Å². The lowest BCUT2D eigenvalue weighted by atomic mass is 10.2. The largest absolute Gasteiger partial charge is 0.382 e. The van der Waals surface area contributed by atoms with E-state index in [2.05, 4.69) is 21.2 Å². The number of halogens is 2. The Bertz CT molecular complexity index is 593. The summed E-state index contributed by atoms with van der Waals surface area (Å²) in [5.41, 5.74) is 0.189. The predicted octanol–water partition coefficient (Wildman–Crippen LogP) is 1.77. The van der Waals surface area contributed by atoms with E-state index in [4.69, 9.17) is 20.2 Å². The van der Waals surface area contributed by atoms with Crippen LogP contribution in [-0.4, -0.2) is 47.8 Å². The Hall–Kier alpha value is -0.670. The summed E-state index contributed by atoms with van der Waals surface area (Å²) >= 11 is 3.19. The second-order valence-corrected chi connectivity index (χ2v) is 7.36. The van der Waals surface area contributed by atoms with Gasteiger partial charge in [0.05, 0.1) is 30.3 Å². The third kappa shape index (κ3) is 6.31. The van der Waals surface area contributed by atoms with Gasteiger partial charge in [-0.25, -0.2) is 8.42 Å². The third-order valence-corrected chi connectivity index (χ3v) is 4.47. The van der Waals surface area contributed by atoms with Crippen LogP contribution in [0.3, 0.4) is 0 Å². The molecule has 0 spiro atoms. The molecule has 0 aliphatic carbocycles. The highest BCUT2D eigenvalue weighted by atomic mass is 79.9. The standard InChI is InChI=1S/C12H15BrClNO5S/c1-19-6-7-20-5-4-15-12(16)10-8-9(21(14,17)18)2-3-11(10)13/h2-3,8H,4-7H2,1H3,(H,15,16). The molecule has 1 aromatic rings. The fourth-order valence-electron chi connectivity index (χ4n) is 1.41. The van der Waals surface area contributed by atoms with Crippen molar-refractivity contribution in [2.75, 3.05) is 33.5 Å². The van der Waals surface area contributed by atoms with Gasteiger partial charge >= 0.3 is 0 Å². The maximum Gasteiger partial charge on any atom is 0.261 e. The molecule has 118 valence electrons. The van der Waals surface area contributed by atoms with Crippen LogP contribution in [0, 0.1) is 0 Å². The zero-order chi connectivity index (χ0) is 15.9. The molecule has 0 saturated carbocycles. The van der Waals surface area contributed by atoms with Gasteiger partial charge in [0.1, 0.15) is 0 Å². The van der Waals surface area contributed by atoms with Crippen LogP contribution in [0.2, 0.25) is 0 Å². The zero-order valence-corrected chi connectivity index (χ0v) is 14.4. The van der Waals surface area contributed by atoms with E-state index in [9.17, 15) is 13.2 Å². The number of ether oxygens (including phenoxy) is 2. The van der Waals surface area contributed by atoms with Crippen molar-refractivity contribution in [3.63, 3.8) is 0 Å². The molecular formula is C12H15BrClNO5S. The van der Waals surface area contributed by atoms with Gasteiger partial charge in [0.25, 0.3) is 15.0 Å². The lowest BCUT2D eigenvalue weighted by molar-refractivity contribution is 0.0692. The Morgan fingerprint density at radius 1 is 1.33 bits per heavy atom. The van der Waals surface area contributed by atoms with Gasteiger partial charge in [0.2, 0.25) is 0 Å². The number of methoxy groups -OCH3 is 1. The van der Waals surface area contributed by atoms with Gasteiger partial charge in [0, 0.05) is 28.8 Å². The van der Waals surface area contributed by atoms with Gasteiger partial charge in [-0.1, -0.05) is 0 Å². The number of hydrogen-bond donors (Lipinski definition) is 1. The van der Waals surface area contributed by atoms with Crippen LogP contribution in [0.25, 0.3) is 0 Å². The summed E-state index contributed by atoms with van der Waals surface area (Å²) in [5, 5.41) is 2.62. The minimum Gasteiger partial charge on any atom is -0.382 e. The molecule has 0 unspecified atom stereocenters. The Balaban J connectivity index is 2.62. The first kappa shape index (κ1) is 18.4. The van der Waals surface area contributed by atoms with E-state index in [1.54, 1.807) is 7.11 Å². The summed E-state index contributed by atoms with van der Waals surface area (Å²) in [4.78, 5) is 11.8. The molecule has 1 rings (SSSR count). The lowest BCUT2D eigenvalue weighted by Gasteiger charge is -2.08. The molecule has 0 bridgehead atoms. The van der Waals surface area contributed by atoms with Crippen LogP contribution >= 0.6 is 26.6 Å². The van der Waals surface area contributed by atoms with Gasteiger partial charge < -0.3 is 14.8 Å². The molecule has 9 heteroatoms. The Kier molecular flexibility index (Phi) is 7.61. The average Bonchev–Trinajstić information content (AvgIpc) is 2.41. The molecule has 0 atom stereocenters. The fraction of sp³-hybridized carbons (Fsp3) is 0.417. The second-order valence-electron chi connectivity index (χ2n) is 3.94. The highest BCUT2D eigenvalue weighted by molar-refractivity contribution is 9.10. The molecule has 0 fully saturated rings. The zero-order valence-electron chi connectivity index (χ0n) is 11.3. The van der Waals surface area contributed by atoms with E-state index in [0.717, 1.165) is 0 Å². The van der Waals surface area contributed by atoms with Crippen LogP contribution < -0.4 is 5.32 Å². The summed E-state index contributed by atoms with van der Waals surface area (Å²) in [6, 6.07) is 3.99. The molecule has 1 N–H and O–H groups in total. The highest BCUT2D eigenvalue weighted by Crippen LogP contribution is 2.23. The van der Waals surface area contributed by atoms with Crippen molar-refractivity contribution in [2.24, 2.45) is 0 Å². The van der Waals surface area contributed by atoms with Crippen LogP contribution in [-0.2, 0) is 18.5 Å². The molecule has 0 aliphatic rings. The monoisotopic (exact) mass is 399 g/mol. The van der Waals surface area contributed by atoms with E-state index in [1.165, 1.54) is 18.2 Å². The summed E-state index contributed by atoms with van der Waals surface area (Å²) in [5.74, 6) is -0.417. The van der Waals surface area contributed by atoms with E-state index in [-0.39, 0.29) is 10.5 Å². The Morgan fingerprint density at radius 3 is 2.67 bits per heavy atom. The smallest absolute Gasteiger partial charge is 0.261 e. The summed E-state index contributed by atoms with van der Waals surface area (Å²) in [6.45, 7) is 1.55. The Morgan fingerprint density at radius 2 is 2.05 bits per heavy atom. The third-order valence-electron chi connectivity index (χ3n) is 2.43. The van der Waals surface area contributed by atoms with E-state index < -0.39 is 15.0 Å². The number of rotatable bonds is 8. The predicted molar refractivity (Wildman–Crippen MR) is 82.2 cm³/mol. The maximum atomic E-state index is 12.0. The first-order valence-electron chi connectivity index (χ1n) is 5.95. The number of amides is 1. The van der Waals surface area contributed by atoms with Crippen LogP contribution in [0.5, 0.6) is 0 Å². The molecule has 6 nitrogen and oxygen atoms in total. The van der Waals surface area contributed by atoms with E-state index in [1.807, 2.05) is 0 Å². The van der Waals surface area contributed by atoms with Gasteiger partial charge in [-0.15, -0.1) is 0 Å². The second kappa shape index (κ2) is 8.70. The summed E-state index contributed by atoms with van der Waals surface area (Å²) < 4.78 is 33.0. The van der Waals surface area contributed by atoms with E-state index >= 15 is 0 Å². The van der Waals surface area contributed by atoms with Crippen LogP contribution in [0.4, 0.5) is 0 Å². The molecule has 21 heavy (non-hydrogen) atoms. The minimum absolute atomic E-state index is 0.131. The first-order valence-corrected chi connectivity index (χ1v) is 9.05. The van der Waals surface area contributed by atoms with Gasteiger partial charge in [-0.2, -0.15) is 0 Å². The van der Waals surface area contributed by atoms with Crippen LogP contribution in [0.1, 0.15) is 10.4 Å². The van der Waals surface area contributed by atoms with Crippen molar-refractivity contribution in [3.8, 4) is 0 Å². The van der Waals surface area contributed by atoms with Gasteiger partial charge in [-0.3, -0.25) is 4.79 Å². The quantitative estimate of drug-likeness (QED) is 0.531. The van der Waals surface area contributed by atoms with Crippen molar-refractivity contribution in [2.45, 2.75) is 4.90 Å². The van der Waals surface area contributed by atoms with Crippen molar-refractivity contribution in [1.29, 1.82) is 0 Å². The fourth-order valence-corrected chi connectivity index (χ4v) is 2.61. The number of nitrogens with one attached hydrogen (secondary N) is 1. The normalized spacial score (nSPS) is 11.4. The molecule has 1 amide bonds. The van der Waals surface area contributed by atoms with Crippen molar-refractivity contribution < 1.29 is 22.7 Å². The van der Waals surface area contributed by atoms with Crippen molar-refractivity contribution in [3.05, 3.63) is 28.2 Å². The average molecular weight is 401 g/mol. The molecular weight excluding hydrogens is 386 g/mol.